The summed E-state index contributed by atoms with van der Waals surface area (Å²) in [6.07, 6.45) is 3.75. The Kier molecular flexibility index (Phi) is 6.87. The summed E-state index contributed by atoms with van der Waals surface area (Å²) >= 11 is 0. The first-order valence-electron chi connectivity index (χ1n) is 7.60. The topological polar surface area (TPSA) is 57.7 Å². The Hall–Kier alpha value is -1.56. The van der Waals surface area contributed by atoms with E-state index >= 15 is 0 Å². The number of para-hydroxylation sites is 1. The molecule has 22 heavy (non-hydrogen) atoms. The lowest BCUT2D eigenvalue weighted by molar-refractivity contribution is -0.128. The van der Waals surface area contributed by atoms with Gasteiger partial charge in [0.15, 0.2) is 0 Å². The number of unbranched alkanes of at least 4 members (excludes halogenated alkanes) is 1. The van der Waals surface area contributed by atoms with E-state index in [1.54, 1.807) is 24.1 Å². The van der Waals surface area contributed by atoms with Gasteiger partial charge in [-0.2, -0.15) is 0 Å². The SMILES string of the molecule is CCCCN(C)C(=O)CN(c1ccccc1CC)S(C)(=O)=O. The first kappa shape index (κ1) is 18.5. The molecule has 124 valence electrons. The van der Waals surface area contributed by atoms with Crippen LogP contribution in [0.15, 0.2) is 24.3 Å². The number of sulfonamides is 1. The monoisotopic (exact) mass is 326 g/mol. The van der Waals surface area contributed by atoms with Crippen LogP contribution in [0.3, 0.4) is 0 Å². The number of anilines is 1. The summed E-state index contributed by atoms with van der Waals surface area (Å²) in [5, 5.41) is 0. The number of carbonyl (C=O) groups excluding carboxylic acids is 1. The third kappa shape index (κ3) is 5.02. The Labute approximate surface area is 134 Å². The summed E-state index contributed by atoms with van der Waals surface area (Å²) in [5.74, 6) is -0.190. The van der Waals surface area contributed by atoms with Crippen molar-refractivity contribution < 1.29 is 13.2 Å². The molecule has 0 spiro atoms. The van der Waals surface area contributed by atoms with Gasteiger partial charge in [0.2, 0.25) is 15.9 Å². The molecule has 0 radical (unpaired) electrons. The maximum Gasteiger partial charge on any atom is 0.243 e. The van der Waals surface area contributed by atoms with E-state index < -0.39 is 10.0 Å². The fourth-order valence-electron chi connectivity index (χ4n) is 2.20. The van der Waals surface area contributed by atoms with E-state index in [2.05, 4.69) is 6.92 Å². The van der Waals surface area contributed by atoms with Crippen molar-refractivity contribution >= 4 is 21.6 Å². The maximum atomic E-state index is 12.3. The van der Waals surface area contributed by atoms with Gasteiger partial charge in [0.05, 0.1) is 11.9 Å². The van der Waals surface area contributed by atoms with Crippen molar-refractivity contribution in [2.45, 2.75) is 33.1 Å². The zero-order valence-corrected chi connectivity index (χ0v) is 14.7. The van der Waals surface area contributed by atoms with Crippen LogP contribution < -0.4 is 4.31 Å². The molecule has 1 amide bonds. The average Bonchev–Trinajstić information content (AvgIpc) is 2.48. The molecular weight excluding hydrogens is 300 g/mol. The minimum Gasteiger partial charge on any atom is -0.344 e. The zero-order valence-electron chi connectivity index (χ0n) is 13.9. The Morgan fingerprint density at radius 2 is 1.82 bits per heavy atom. The average molecular weight is 326 g/mol. The minimum atomic E-state index is -3.51. The Morgan fingerprint density at radius 3 is 2.36 bits per heavy atom. The maximum absolute atomic E-state index is 12.3. The van der Waals surface area contributed by atoms with E-state index in [1.165, 1.54) is 4.31 Å². The Morgan fingerprint density at radius 1 is 1.18 bits per heavy atom. The number of likely N-dealkylation sites (N-methyl/N-ethyl adjacent to an activating group) is 1. The van der Waals surface area contributed by atoms with Crippen molar-refractivity contribution in [1.82, 2.24) is 4.90 Å². The number of hydrogen-bond donors (Lipinski definition) is 0. The highest BCUT2D eigenvalue weighted by atomic mass is 32.2. The van der Waals surface area contributed by atoms with Gasteiger partial charge < -0.3 is 4.90 Å². The van der Waals surface area contributed by atoms with Crippen LogP contribution in [0.25, 0.3) is 0 Å². The highest BCUT2D eigenvalue weighted by Crippen LogP contribution is 2.23. The van der Waals surface area contributed by atoms with E-state index in [-0.39, 0.29) is 12.5 Å². The molecule has 0 fully saturated rings. The van der Waals surface area contributed by atoms with Gasteiger partial charge in [0, 0.05) is 13.6 Å². The fraction of sp³-hybridized carbons (Fsp3) is 0.562. The molecule has 0 N–H and O–H groups in total. The van der Waals surface area contributed by atoms with Crippen LogP contribution in [0.4, 0.5) is 5.69 Å². The van der Waals surface area contributed by atoms with Gasteiger partial charge in [-0.05, 0) is 24.5 Å². The molecule has 1 aromatic rings. The van der Waals surface area contributed by atoms with Crippen molar-refractivity contribution in [3.05, 3.63) is 29.8 Å². The Bertz CT molecular complexity index is 599. The predicted octanol–water partition coefficient (Wildman–Crippen LogP) is 2.27. The van der Waals surface area contributed by atoms with Crippen LogP contribution in [0.2, 0.25) is 0 Å². The van der Waals surface area contributed by atoms with Crippen LogP contribution in [0.1, 0.15) is 32.3 Å². The first-order chi connectivity index (χ1) is 10.3. The van der Waals surface area contributed by atoms with Gasteiger partial charge in [-0.1, -0.05) is 38.5 Å². The van der Waals surface area contributed by atoms with E-state index in [0.29, 0.717) is 18.7 Å². The molecule has 0 saturated heterocycles. The normalized spacial score (nSPS) is 11.3. The molecule has 6 heteroatoms. The van der Waals surface area contributed by atoms with E-state index in [9.17, 15) is 13.2 Å². The molecule has 0 aliphatic heterocycles. The molecule has 0 bridgehead atoms. The second-order valence-electron chi connectivity index (χ2n) is 5.42. The summed E-state index contributed by atoms with van der Waals surface area (Å²) in [7, 11) is -1.80. The predicted molar refractivity (Wildman–Crippen MR) is 90.6 cm³/mol. The smallest absolute Gasteiger partial charge is 0.243 e. The van der Waals surface area contributed by atoms with Crippen molar-refractivity contribution in [2.24, 2.45) is 0 Å². The summed E-state index contributed by atoms with van der Waals surface area (Å²) in [6, 6.07) is 7.30. The number of carbonyl (C=O) groups is 1. The number of aryl methyl sites for hydroxylation is 1. The van der Waals surface area contributed by atoms with Crippen LogP contribution in [-0.2, 0) is 21.2 Å². The molecule has 1 rings (SSSR count). The summed E-state index contributed by atoms with van der Waals surface area (Å²) in [4.78, 5) is 13.9. The first-order valence-corrected chi connectivity index (χ1v) is 9.45. The minimum absolute atomic E-state index is 0.157. The molecule has 5 nitrogen and oxygen atoms in total. The van der Waals surface area contributed by atoms with Crippen molar-refractivity contribution in [2.75, 3.05) is 30.7 Å². The standard InChI is InChI=1S/C16H26N2O3S/c1-5-7-12-17(3)16(19)13-18(22(4,20)21)15-11-9-8-10-14(15)6-2/h8-11H,5-7,12-13H2,1-4H3. The molecule has 1 aromatic carbocycles. The van der Waals surface area contributed by atoms with Gasteiger partial charge in [0.1, 0.15) is 6.54 Å². The lowest BCUT2D eigenvalue weighted by atomic mass is 10.1. The fourth-order valence-corrected chi connectivity index (χ4v) is 3.08. The molecular formula is C16H26N2O3S. The molecule has 0 aliphatic carbocycles. The quantitative estimate of drug-likeness (QED) is 0.736. The third-order valence-corrected chi connectivity index (χ3v) is 4.72. The van der Waals surface area contributed by atoms with Gasteiger partial charge >= 0.3 is 0 Å². The van der Waals surface area contributed by atoms with Crippen LogP contribution >= 0.6 is 0 Å². The molecule has 0 heterocycles. The van der Waals surface area contributed by atoms with E-state index in [1.807, 2.05) is 19.1 Å². The van der Waals surface area contributed by atoms with Crippen molar-refractivity contribution in [3.8, 4) is 0 Å². The van der Waals surface area contributed by atoms with Crippen molar-refractivity contribution in [1.29, 1.82) is 0 Å². The van der Waals surface area contributed by atoms with Gasteiger partial charge in [0.25, 0.3) is 0 Å². The Balaban J connectivity index is 3.03. The number of amides is 1. The van der Waals surface area contributed by atoms with Crippen LogP contribution in [0, 0.1) is 0 Å². The van der Waals surface area contributed by atoms with Gasteiger partial charge in [-0.25, -0.2) is 8.42 Å². The molecule has 0 aliphatic rings. The summed E-state index contributed by atoms with van der Waals surface area (Å²) in [6.45, 7) is 4.51. The number of benzene rings is 1. The van der Waals surface area contributed by atoms with Crippen LogP contribution in [-0.4, -0.2) is 45.6 Å². The largest absolute Gasteiger partial charge is 0.344 e. The highest BCUT2D eigenvalue weighted by molar-refractivity contribution is 7.92. The number of nitrogens with zero attached hydrogens (tertiary/aromatic N) is 2. The van der Waals surface area contributed by atoms with Crippen molar-refractivity contribution in [3.63, 3.8) is 0 Å². The van der Waals surface area contributed by atoms with E-state index in [4.69, 9.17) is 0 Å². The van der Waals surface area contributed by atoms with E-state index in [0.717, 1.165) is 24.7 Å². The third-order valence-electron chi connectivity index (χ3n) is 3.59. The lowest BCUT2D eigenvalue weighted by Crippen LogP contribution is -2.41. The summed E-state index contributed by atoms with van der Waals surface area (Å²) < 4.78 is 25.5. The van der Waals surface area contributed by atoms with Gasteiger partial charge in [-0.15, -0.1) is 0 Å². The number of rotatable bonds is 8. The molecule has 0 saturated carbocycles. The highest BCUT2D eigenvalue weighted by Gasteiger charge is 2.24. The lowest BCUT2D eigenvalue weighted by Gasteiger charge is -2.26. The second kappa shape index (κ2) is 8.17. The molecule has 0 atom stereocenters. The zero-order chi connectivity index (χ0) is 16.8. The molecule has 0 aromatic heterocycles. The summed E-state index contributed by atoms with van der Waals surface area (Å²) in [5.41, 5.74) is 1.50. The second-order valence-corrected chi connectivity index (χ2v) is 7.33. The number of hydrogen-bond acceptors (Lipinski definition) is 3. The van der Waals surface area contributed by atoms with Gasteiger partial charge in [-0.3, -0.25) is 9.10 Å². The van der Waals surface area contributed by atoms with Crippen LogP contribution in [0.5, 0.6) is 0 Å². The molecule has 0 unspecified atom stereocenters.